The molecule has 3 N–H and O–H groups in total. The van der Waals surface area contributed by atoms with Gasteiger partial charge in [0.2, 0.25) is 5.91 Å². The van der Waals surface area contributed by atoms with E-state index in [9.17, 15) is 27.9 Å². The molecule has 2 rings (SSSR count). The number of nitriles is 1. The number of aliphatic hydroxyl groups is 1. The second-order valence-electron chi connectivity index (χ2n) is 8.67. The Morgan fingerprint density at radius 3 is 2.38 bits per heavy atom. The number of halogens is 3. The summed E-state index contributed by atoms with van der Waals surface area (Å²) in [6, 6.07) is 1.90. The molecule has 0 aliphatic carbocycles. The molecule has 9 nitrogen and oxygen atoms in total. The number of carbonyl (C=O) groups is 2. The molecule has 0 unspecified atom stereocenters. The summed E-state index contributed by atoms with van der Waals surface area (Å²) in [6.45, 7) is 6.54. The van der Waals surface area contributed by atoms with Gasteiger partial charge in [-0.3, -0.25) is 14.3 Å². The van der Waals surface area contributed by atoms with Crippen molar-refractivity contribution < 1.29 is 27.9 Å². The number of nitrogens with zero attached hydrogens (tertiary/aromatic N) is 4. The maximum Gasteiger partial charge on any atom is 0.419 e. The fourth-order valence-electron chi connectivity index (χ4n) is 2.69. The molecule has 32 heavy (non-hydrogen) atoms. The van der Waals surface area contributed by atoms with E-state index in [1.165, 1.54) is 23.1 Å². The highest BCUT2D eigenvalue weighted by atomic mass is 19.4. The summed E-state index contributed by atoms with van der Waals surface area (Å²) >= 11 is 0. The molecule has 0 aromatic carbocycles. The number of nitrogens with one attached hydrogen (secondary N) is 2. The van der Waals surface area contributed by atoms with Crippen molar-refractivity contribution in [1.29, 1.82) is 5.26 Å². The van der Waals surface area contributed by atoms with Gasteiger partial charge in [0.25, 0.3) is 5.91 Å². The number of aromatic nitrogens is 3. The molecule has 2 amide bonds. The monoisotopic (exact) mass is 452 g/mol. The van der Waals surface area contributed by atoms with Crippen molar-refractivity contribution in [3.05, 3.63) is 35.9 Å². The van der Waals surface area contributed by atoms with Crippen LogP contribution >= 0.6 is 0 Å². The standard InChI is InChI=1S/C20H23F3N6O3/c1-18(2,3)6-16(30)27-13-9-26-29(10-13)11-19(4,32)17(31)28-12-5-14(20(21,22)23)15(7-24)25-8-12/h5,8-10,32H,6,11H2,1-4H3,(H,27,30)(H,28,31)/t19-/m0/s1. The van der Waals surface area contributed by atoms with Gasteiger partial charge in [-0.1, -0.05) is 20.8 Å². The molecule has 0 spiro atoms. The molecule has 0 saturated carbocycles. The van der Waals surface area contributed by atoms with E-state index in [0.29, 0.717) is 11.8 Å². The van der Waals surface area contributed by atoms with Gasteiger partial charge in [0.15, 0.2) is 11.3 Å². The second kappa shape index (κ2) is 8.96. The third-order valence-corrected chi connectivity index (χ3v) is 4.12. The quantitative estimate of drug-likeness (QED) is 0.617. The highest BCUT2D eigenvalue weighted by molar-refractivity contribution is 5.96. The van der Waals surface area contributed by atoms with E-state index in [2.05, 4.69) is 20.7 Å². The van der Waals surface area contributed by atoms with Gasteiger partial charge < -0.3 is 15.7 Å². The Hall–Kier alpha value is -3.46. The normalized spacial score (nSPS) is 13.7. The van der Waals surface area contributed by atoms with Crippen LogP contribution in [0.25, 0.3) is 0 Å². The van der Waals surface area contributed by atoms with Gasteiger partial charge in [-0.15, -0.1) is 0 Å². The lowest BCUT2D eigenvalue weighted by atomic mass is 9.92. The second-order valence-corrected chi connectivity index (χ2v) is 8.67. The number of amides is 2. The van der Waals surface area contributed by atoms with Crippen LogP contribution in [0.4, 0.5) is 24.5 Å². The van der Waals surface area contributed by atoms with Gasteiger partial charge in [-0.2, -0.15) is 23.5 Å². The molecular weight excluding hydrogens is 429 g/mol. The molecule has 0 aliphatic heterocycles. The largest absolute Gasteiger partial charge is 0.419 e. The van der Waals surface area contributed by atoms with Crippen LogP contribution in [-0.4, -0.2) is 37.3 Å². The molecule has 1 atom stereocenters. The van der Waals surface area contributed by atoms with E-state index < -0.39 is 28.9 Å². The van der Waals surface area contributed by atoms with E-state index in [4.69, 9.17) is 5.26 Å². The van der Waals surface area contributed by atoms with E-state index in [1.807, 2.05) is 20.8 Å². The van der Waals surface area contributed by atoms with Crippen LogP contribution in [0.5, 0.6) is 0 Å². The lowest BCUT2D eigenvalue weighted by Gasteiger charge is -2.22. The minimum absolute atomic E-state index is 0.214. The number of alkyl halides is 3. The summed E-state index contributed by atoms with van der Waals surface area (Å²) in [7, 11) is 0. The molecule has 2 aromatic rings. The summed E-state index contributed by atoms with van der Waals surface area (Å²) in [5, 5.41) is 28.1. The first-order chi connectivity index (χ1) is 14.6. The maximum absolute atomic E-state index is 13.1. The van der Waals surface area contributed by atoms with Gasteiger partial charge in [-0.05, 0) is 18.4 Å². The van der Waals surface area contributed by atoms with E-state index in [-0.39, 0.29) is 30.0 Å². The van der Waals surface area contributed by atoms with Gasteiger partial charge in [0, 0.05) is 12.6 Å². The molecule has 0 radical (unpaired) electrons. The van der Waals surface area contributed by atoms with Crippen molar-refractivity contribution in [3.8, 4) is 6.07 Å². The molecule has 0 saturated heterocycles. The van der Waals surface area contributed by atoms with Gasteiger partial charge in [0.05, 0.1) is 35.9 Å². The maximum atomic E-state index is 13.1. The van der Waals surface area contributed by atoms with Crippen molar-refractivity contribution in [3.63, 3.8) is 0 Å². The van der Waals surface area contributed by atoms with Crippen molar-refractivity contribution in [2.24, 2.45) is 5.41 Å². The molecule has 2 heterocycles. The summed E-state index contributed by atoms with van der Waals surface area (Å²) in [5.41, 5.74) is -4.39. The van der Waals surface area contributed by atoms with Crippen LogP contribution in [0.1, 0.15) is 45.4 Å². The topological polar surface area (TPSA) is 133 Å². The molecule has 12 heteroatoms. The average Bonchev–Trinajstić information content (AvgIpc) is 3.05. The number of rotatable bonds is 6. The zero-order valence-electron chi connectivity index (χ0n) is 17.9. The molecule has 172 valence electrons. The van der Waals surface area contributed by atoms with Crippen molar-refractivity contribution >= 4 is 23.2 Å². The molecule has 2 aromatic heterocycles. The summed E-state index contributed by atoms with van der Waals surface area (Å²) in [6.07, 6.45) is -0.929. The predicted octanol–water partition coefficient (Wildman–Crippen LogP) is 2.93. The first kappa shape index (κ1) is 24.8. The van der Waals surface area contributed by atoms with Gasteiger partial charge in [-0.25, -0.2) is 4.98 Å². The predicted molar refractivity (Wildman–Crippen MR) is 108 cm³/mol. The smallest absolute Gasteiger partial charge is 0.378 e. The fourth-order valence-corrected chi connectivity index (χ4v) is 2.69. The first-order valence-electron chi connectivity index (χ1n) is 9.44. The number of pyridine rings is 1. The number of hydrogen-bond donors (Lipinski definition) is 3. The van der Waals surface area contributed by atoms with Crippen molar-refractivity contribution in [2.45, 2.75) is 52.4 Å². The number of carbonyl (C=O) groups excluding carboxylic acids is 2. The third-order valence-electron chi connectivity index (χ3n) is 4.12. The Kier molecular flexibility index (Phi) is 6.94. The third kappa shape index (κ3) is 6.78. The Labute approximate surface area is 182 Å². The molecular formula is C20H23F3N6O3. The first-order valence-corrected chi connectivity index (χ1v) is 9.44. The Morgan fingerprint density at radius 1 is 1.16 bits per heavy atom. The Balaban J connectivity index is 2.08. The fraction of sp³-hybridized carbons (Fsp3) is 0.450. The SMILES string of the molecule is CC(C)(C)CC(=O)Nc1cnn(C[C@](C)(O)C(=O)Nc2cnc(C#N)c(C(F)(F)F)c2)c1. The summed E-state index contributed by atoms with van der Waals surface area (Å²) < 4.78 is 40.4. The lowest BCUT2D eigenvalue weighted by molar-refractivity contribution is -0.138. The van der Waals surface area contributed by atoms with Crippen molar-refractivity contribution in [1.82, 2.24) is 14.8 Å². The summed E-state index contributed by atoms with van der Waals surface area (Å²) in [4.78, 5) is 27.9. The summed E-state index contributed by atoms with van der Waals surface area (Å²) in [5.74, 6) is -1.23. The van der Waals surface area contributed by atoms with Crippen LogP contribution in [0.2, 0.25) is 0 Å². The minimum Gasteiger partial charge on any atom is -0.378 e. The van der Waals surface area contributed by atoms with Gasteiger partial charge >= 0.3 is 6.18 Å². The van der Waals surface area contributed by atoms with E-state index in [1.54, 1.807) is 0 Å². The minimum atomic E-state index is -4.84. The van der Waals surface area contributed by atoms with Crippen LogP contribution in [-0.2, 0) is 22.3 Å². The van der Waals surface area contributed by atoms with E-state index >= 15 is 0 Å². The molecule has 0 fully saturated rings. The highest BCUT2D eigenvalue weighted by Gasteiger charge is 2.36. The van der Waals surface area contributed by atoms with Gasteiger partial charge in [0.1, 0.15) is 6.07 Å². The van der Waals surface area contributed by atoms with Crippen LogP contribution < -0.4 is 10.6 Å². The van der Waals surface area contributed by atoms with E-state index in [0.717, 1.165) is 13.1 Å². The van der Waals surface area contributed by atoms with Crippen LogP contribution in [0.3, 0.4) is 0 Å². The highest BCUT2D eigenvalue weighted by Crippen LogP contribution is 2.32. The van der Waals surface area contributed by atoms with Crippen LogP contribution in [0, 0.1) is 16.7 Å². The molecule has 0 bridgehead atoms. The number of hydrogen-bond acceptors (Lipinski definition) is 6. The Morgan fingerprint density at radius 2 is 1.81 bits per heavy atom. The van der Waals surface area contributed by atoms with Crippen molar-refractivity contribution in [2.75, 3.05) is 10.6 Å². The Bertz CT molecular complexity index is 1050. The zero-order valence-corrected chi connectivity index (χ0v) is 17.9. The molecule has 0 aliphatic rings. The average molecular weight is 452 g/mol. The van der Waals surface area contributed by atoms with Crippen LogP contribution in [0.15, 0.2) is 24.7 Å². The number of anilines is 2. The lowest BCUT2D eigenvalue weighted by Crippen LogP contribution is -2.43. The zero-order chi connectivity index (χ0) is 24.3.